The zero-order valence-corrected chi connectivity index (χ0v) is 11.9. The first-order valence-corrected chi connectivity index (χ1v) is 6.23. The molecule has 1 N–H and O–H groups in total. The minimum atomic E-state index is 0.408. The Balaban J connectivity index is 3.04. The normalized spacial score (nSPS) is 10.6. The van der Waals surface area contributed by atoms with Crippen LogP contribution in [0.3, 0.4) is 0 Å². The summed E-state index contributed by atoms with van der Waals surface area (Å²) in [6.45, 7) is 7.49. The molecule has 0 bridgehead atoms. The molecule has 1 rings (SSSR count). The predicted molar refractivity (Wildman–Crippen MR) is 72.7 cm³/mol. The Kier molecular flexibility index (Phi) is 5.78. The zero-order valence-electron chi connectivity index (χ0n) is 11.9. The van der Waals surface area contributed by atoms with E-state index < -0.39 is 0 Å². The second-order valence-corrected chi connectivity index (χ2v) is 4.27. The van der Waals surface area contributed by atoms with Crippen LogP contribution in [0.1, 0.15) is 26.3 Å². The third kappa shape index (κ3) is 3.81. The van der Waals surface area contributed by atoms with E-state index in [1.54, 1.807) is 14.2 Å². The van der Waals surface area contributed by atoms with Crippen LogP contribution in [0.15, 0.2) is 12.1 Å². The van der Waals surface area contributed by atoms with Crippen LogP contribution in [0.25, 0.3) is 0 Å². The van der Waals surface area contributed by atoms with Gasteiger partial charge in [0.2, 0.25) is 0 Å². The molecule has 0 amide bonds. The topological polar surface area (TPSA) is 39.7 Å². The van der Waals surface area contributed by atoms with Gasteiger partial charge >= 0.3 is 0 Å². The number of benzene rings is 1. The Hall–Kier alpha value is -1.42. The van der Waals surface area contributed by atoms with Crippen LogP contribution >= 0.6 is 0 Å². The van der Waals surface area contributed by atoms with Crippen molar-refractivity contribution in [3.63, 3.8) is 0 Å². The summed E-state index contributed by atoms with van der Waals surface area (Å²) >= 11 is 0. The monoisotopic (exact) mass is 253 g/mol. The van der Waals surface area contributed by atoms with Crippen molar-refractivity contribution in [3.05, 3.63) is 17.7 Å². The average Bonchev–Trinajstić information content (AvgIpc) is 2.36. The molecule has 0 unspecified atom stereocenters. The number of ether oxygens (including phenoxy) is 3. The van der Waals surface area contributed by atoms with Crippen molar-refractivity contribution in [1.82, 2.24) is 5.32 Å². The van der Waals surface area contributed by atoms with E-state index in [4.69, 9.17) is 14.2 Å². The van der Waals surface area contributed by atoms with Crippen molar-refractivity contribution in [3.8, 4) is 17.2 Å². The smallest absolute Gasteiger partial charge is 0.130 e. The maximum Gasteiger partial charge on any atom is 0.130 e. The minimum Gasteiger partial charge on any atom is -0.496 e. The molecule has 0 aliphatic carbocycles. The molecule has 102 valence electrons. The standard InChI is InChI=1S/C14H23NO3/c1-6-18-11-7-13(16-4)12(9-15-10(2)3)14(8-11)17-5/h7-8,10,15H,6,9H2,1-5H3. The fraction of sp³-hybridized carbons (Fsp3) is 0.571. The zero-order chi connectivity index (χ0) is 13.5. The van der Waals surface area contributed by atoms with E-state index in [-0.39, 0.29) is 0 Å². The summed E-state index contributed by atoms with van der Waals surface area (Å²) < 4.78 is 16.3. The van der Waals surface area contributed by atoms with Gasteiger partial charge in [-0.3, -0.25) is 0 Å². The molecule has 4 heteroatoms. The lowest BCUT2D eigenvalue weighted by atomic mass is 10.1. The summed E-state index contributed by atoms with van der Waals surface area (Å²) in [7, 11) is 3.31. The molecule has 0 aliphatic heterocycles. The third-order valence-corrected chi connectivity index (χ3v) is 2.58. The molecule has 0 heterocycles. The summed E-state index contributed by atoms with van der Waals surface area (Å²) in [6.07, 6.45) is 0. The molecular weight excluding hydrogens is 230 g/mol. The van der Waals surface area contributed by atoms with Crippen molar-refractivity contribution < 1.29 is 14.2 Å². The van der Waals surface area contributed by atoms with Crippen LogP contribution in [0.5, 0.6) is 17.2 Å². The Morgan fingerprint density at radius 2 is 1.67 bits per heavy atom. The van der Waals surface area contributed by atoms with E-state index in [9.17, 15) is 0 Å². The van der Waals surface area contributed by atoms with Gasteiger partial charge in [0.15, 0.2) is 0 Å². The van der Waals surface area contributed by atoms with Gasteiger partial charge in [-0.2, -0.15) is 0 Å². The van der Waals surface area contributed by atoms with Gasteiger partial charge in [0, 0.05) is 24.7 Å². The molecule has 1 aromatic carbocycles. The molecule has 0 atom stereocenters. The highest BCUT2D eigenvalue weighted by molar-refractivity contribution is 5.50. The lowest BCUT2D eigenvalue weighted by molar-refractivity contribution is 0.328. The van der Waals surface area contributed by atoms with E-state index in [0.29, 0.717) is 19.2 Å². The second-order valence-electron chi connectivity index (χ2n) is 4.27. The Labute approximate surface area is 109 Å². The van der Waals surface area contributed by atoms with Crippen LogP contribution in [0, 0.1) is 0 Å². The molecule has 4 nitrogen and oxygen atoms in total. The van der Waals surface area contributed by atoms with Crippen LogP contribution in [-0.4, -0.2) is 26.9 Å². The molecule has 0 aromatic heterocycles. The van der Waals surface area contributed by atoms with Gasteiger partial charge in [-0.15, -0.1) is 0 Å². The molecule has 0 fully saturated rings. The van der Waals surface area contributed by atoms with E-state index in [1.165, 1.54) is 0 Å². The molecule has 18 heavy (non-hydrogen) atoms. The molecule has 1 aromatic rings. The van der Waals surface area contributed by atoms with E-state index >= 15 is 0 Å². The molecule has 0 saturated carbocycles. The van der Waals surface area contributed by atoms with Gasteiger partial charge in [0.05, 0.1) is 26.4 Å². The molecule has 0 spiro atoms. The SMILES string of the molecule is CCOc1cc(OC)c(CNC(C)C)c(OC)c1. The number of hydrogen-bond acceptors (Lipinski definition) is 4. The lowest BCUT2D eigenvalue weighted by Crippen LogP contribution is -2.22. The van der Waals surface area contributed by atoms with Crippen LogP contribution in [0.2, 0.25) is 0 Å². The Bertz CT molecular complexity index is 352. The van der Waals surface area contributed by atoms with E-state index in [1.807, 2.05) is 19.1 Å². The van der Waals surface area contributed by atoms with Gasteiger partial charge in [0.1, 0.15) is 17.2 Å². The van der Waals surface area contributed by atoms with Crippen molar-refractivity contribution in [2.75, 3.05) is 20.8 Å². The number of hydrogen-bond donors (Lipinski definition) is 1. The molecule has 0 radical (unpaired) electrons. The first-order chi connectivity index (χ1) is 8.62. The minimum absolute atomic E-state index is 0.408. The molecular formula is C14H23NO3. The summed E-state index contributed by atoms with van der Waals surface area (Å²) in [6, 6.07) is 4.19. The van der Waals surface area contributed by atoms with Gasteiger partial charge in [-0.25, -0.2) is 0 Å². The maximum absolute atomic E-state index is 5.49. The fourth-order valence-electron chi connectivity index (χ4n) is 1.69. The second kappa shape index (κ2) is 7.11. The summed E-state index contributed by atoms with van der Waals surface area (Å²) in [4.78, 5) is 0. The van der Waals surface area contributed by atoms with Crippen molar-refractivity contribution >= 4 is 0 Å². The number of nitrogens with one attached hydrogen (secondary N) is 1. The van der Waals surface area contributed by atoms with Gasteiger partial charge < -0.3 is 19.5 Å². The summed E-state index contributed by atoms with van der Waals surface area (Å²) in [5, 5.41) is 3.36. The average molecular weight is 253 g/mol. The van der Waals surface area contributed by atoms with Gasteiger partial charge in [0.25, 0.3) is 0 Å². The first-order valence-electron chi connectivity index (χ1n) is 6.23. The summed E-state index contributed by atoms with van der Waals surface area (Å²) in [5.74, 6) is 2.33. The Morgan fingerprint density at radius 3 is 2.06 bits per heavy atom. The number of methoxy groups -OCH3 is 2. The van der Waals surface area contributed by atoms with Crippen LogP contribution in [0.4, 0.5) is 0 Å². The quantitative estimate of drug-likeness (QED) is 0.811. The van der Waals surface area contributed by atoms with Gasteiger partial charge in [-0.1, -0.05) is 13.8 Å². The largest absolute Gasteiger partial charge is 0.496 e. The fourth-order valence-corrected chi connectivity index (χ4v) is 1.69. The van der Waals surface area contributed by atoms with E-state index in [0.717, 1.165) is 22.8 Å². The molecule has 0 aliphatic rings. The van der Waals surface area contributed by atoms with Crippen molar-refractivity contribution in [2.24, 2.45) is 0 Å². The highest BCUT2D eigenvalue weighted by Crippen LogP contribution is 2.34. The highest BCUT2D eigenvalue weighted by atomic mass is 16.5. The van der Waals surface area contributed by atoms with Crippen LogP contribution in [-0.2, 0) is 6.54 Å². The van der Waals surface area contributed by atoms with Crippen molar-refractivity contribution in [2.45, 2.75) is 33.4 Å². The maximum atomic E-state index is 5.49. The Morgan fingerprint density at radius 1 is 1.11 bits per heavy atom. The van der Waals surface area contributed by atoms with Crippen LogP contribution < -0.4 is 19.5 Å². The predicted octanol–water partition coefficient (Wildman–Crippen LogP) is 2.60. The van der Waals surface area contributed by atoms with Gasteiger partial charge in [-0.05, 0) is 6.92 Å². The third-order valence-electron chi connectivity index (χ3n) is 2.58. The highest BCUT2D eigenvalue weighted by Gasteiger charge is 2.13. The van der Waals surface area contributed by atoms with Crippen molar-refractivity contribution in [1.29, 1.82) is 0 Å². The lowest BCUT2D eigenvalue weighted by Gasteiger charge is -2.17. The summed E-state index contributed by atoms with van der Waals surface area (Å²) in [5.41, 5.74) is 1.01. The first kappa shape index (κ1) is 14.6. The number of rotatable bonds is 7. The molecule has 0 saturated heterocycles. The van der Waals surface area contributed by atoms with E-state index in [2.05, 4.69) is 19.2 Å².